The lowest BCUT2D eigenvalue weighted by Gasteiger charge is -2.16. The number of carbonyl (C=O) groups excluding carboxylic acids is 1. The van der Waals surface area contributed by atoms with Crippen LogP contribution in [0, 0.1) is 0 Å². The van der Waals surface area contributed by atoms with Crippen LogP contribution < -0.4 is 5.32 Å². The molecule has 0 atom stereocenters. The van der Waals surface area contributed by atoms with Crippen molar-refractivity contribution in [1.82, 2.24) is 20.0 Å². The van der Waals surface area contributed by atoms with E-state index >= 15 is 0 Å². The van der Waals surface area contributed by atoms with E-state index in [2.05, 4.69) is 20.6 Å². The Labute approximate surface area is 177 Å². The fraction of sp³-hybridized carbons (Fsp3) is 0.368. The third-order valence-electron chi connectivity index (χ3n) is 3.85. The highest BCUT2D eigenvalue weighted by Crippen LogP contribution is 2.22. The third kappa shape index (κ3) is 6.33. The second-order valence-corrected chi connectivity index (χ2v) is 7.61. The van der Waals surface area contributed by atoms with Gasteiger partial charge < -0.3 is 9.47 Å². The molecule has 0 saturated heterocycles. The van der Waals surface area contributed by atoms with E-state index in [0.717, 1.165) is 10.4 Å². The normalized spacial score (nSPS) is 11.2. The van der Waals surface area contributed by atoms with Crippen molar-refractivity contribution in [3.8, 4) is 0 Å². The number of amides is 1. The first-order valence-electron chi connectivity index (χ1n) is 9.21. The number of nitrogens with one attached hydrogen (secondary N) is 1. The molecule has 1 N–H and O–H groups in total. The van der Waals surface area contributed by atoms with Crippen LogP contribution in [-0.4, -0.2) is 45.4 Å². The summed E-state index contributed by atoms with van der Waals surface area (Å²) in [5.74, 6) is -0.371. The lowest BCUT2D eigenvalue weighted by molar-refractivity contribution is -0.145. The molecule has 0 unspecified atom stereocenters. The van der Waals surface area contributed by atoms with E-state index < -0.39 is 6.29 Å². The van der Waals surface area contributed by atoms with Gasteiger partial charge in [-0.25, -0.2) is 9.67 Å². The van der Waals surface area contributed by atoms with Crippen LogP contribution in [-0.2, 0) is 22.4 Å². The van der Waals surface area contributed by atoms with Gasteiger partial charge in [0.2, 0.25) is 0 Å². The van der Waals surface area contributed by atoms with Crippen LogP contribution in [0.5, 0.6) is 0 Å². The second kappa shape index (κ2) is 10.4. The molecule has 0 aliphatic carbocycles. The van der Waals surface area contributed by atoms with Crippen molar-refractivity contribution < 1.29 is 14.3 Å². The molecule has 1 aromatic carbocycles. The molecule has 154 valence electrons. The summed E-state index contributed by atoms with van der Waals surface area (Å²) in [6.45, 7) is 5.17. The summed E-state index contributed by atoms with van der Waals surface area (Å²) < 4.78 is 12.5. The summed E-state index contributed by atoms with van der Waals surface area (Å²) in [5, 5.41) is 11.8. The molecule has 0 bridgehead atoms. The van der Waals surface area contributed by atoms with Gasteiger partial charge in [0.05, 0.1) is 12.7 Å². The van der Waals surface area contributed by atoms with Crippen LogP contribution in [0.3, 0.4) is 0 Å². The van der Waals surface area contributed by atoms with Crippen LogP contribution >= 0.6 is 22.9 Å². The molecule has 0 spiro atoms. The third-order valence-corrected chi connectivity index (χ3v) is 5.00. The molecular formula is C19H22ClN5O3S. The Bertz CT molecular complexity index is 939. The maximum atomic E-state index is 12.4. The van der Waals surface area contributed by atoms with Gasteiger partial charge in [-0.15, -0.1) is 16.4 Å². The van der Waals surface area contributed by atoms with E-state index in [1.54, 1.807) is 12.4 Å². The molecule has 0 fully saturated rings. The minimum Gasteiger partial charge on any atom is -0.351 e. The van der Waals surface area contributed by atoms with E-state index in [9.17, 15) is 4.79 Å². The monoisotopic (exact) mass is 435 g/mol. The number of benzene rings is 1. The van der Waals surface area contributed by atoms with Crippen molar-refractivity contribution in [3.05, 3.63) is 57.8 Å². The molecular weight excluding hydrogens is 414 g/mol. The van der Waals surface area contributed by atoms with Gasteiger partial charge in [-0.1, -0.05) is 28.9 Å². The summed E-state index contributed by atoms with van der Waals surface area (Å²) in [7, 11) is 0. The minimum atomic E-state index is -0.435. The Morgan fingerprint density at radius 3 is 2.83 bits per heavy atom. The van der Waals surface area contributed by atoms with Crippen molar-refractivity contribution in [3.63, 3.8) is 0 Å². The number of halogens is 1. The van der Waals surface area contributed by atoms with Gasteiger partial charge in [-0.2, -0.15) is 0 Å². The lowest BCUT2D eigenvalue weighted by atomic mass is 10.1. The van der Waals surface area contributed by atoms with Crippen molar-refractivity contribution >= 4 is 34.0 Å². The van der Waals surface area contributed by atoms with Crippen molar-refractivity contribution in [1.29, 1.82) is 0 Å². The number of carbonyl (C=O) groups is 1. The number of hydrogen-bond acceptors (Lipinski definition) is 7. The van der Waals surface area contributed by atoms with E-state index in [-0.39, 0.29) is 11.6 Å². The first kappa shape index (κ1) is 21.4. The molecule has 0 saturated carbocycles. The number of thiazole rings is 1. The maximum absolute atomic E-state index is 12.4. The number of anilines is 1. The van der Waals surface area contributed by atoms with E-state index in [1.165, 1.54) is 16.0 Å². The van der Waals surface area contributed by atoms with Gasteiger partial charge in [0.25, 0.3) is 5.91 Å². The van der Waals surface area contributed by atoms with Gasteiger partial charge in [0.1, 0.15) is 0 Å². The van der Waals surface area contributed by atoms with Crippen LogP contribution in [0.4, 0.5) is 5.13 Å². The first-order chi connectivity index (χ1) is 14.1. The van der Waals surface area contributed by atoms with Gasteiger partial charge >= 0.3 is 0 Å². The molecule has 8 nitrogen and oxygen atoms in total. The average molecular weight is 436 g/mol. The number of rotatable bonds is 10. The Hall–Kier alpha value is -2.33. The predicted molar refractivity (Wildman–Crippen MR) is 111 cm³/mol. The first-order valence-corrected chi connectivity index (χ1v) is 10.4. The van der Waals surface area contributed by atoms with Crippen LogP contribution in [0.25, 0.3) is 0 Å². The summed E-state index contributed by atoms with van der Waals surface area (Å²) in [6.07, 6.45) is 3.56. The SMILES string of the molecule is CCOC(Cn1cc(C(=O)Nc2ncc(Cc3cccc(Cl)c3)s2)nn1)OCC. The van der Waals surface area contributed by atoms with Crippen molar-refractivity contribution in [2.45, 2.75) is 33.1 Å². The smallest absolute Gasteiger partial charge is 0.279 e. The van der Waals surface area contributed by atoms with E-state index in [4.69, 9.17) is 21.1 Å². The fourth-order valence-electron chi connectivity index (χ4n) is 2.63. The van der Waals surface area contributed by atoms with Gasteiger partial charge in [0.15, 0.2) is 17.1 Å². The Balaban J connectivity index is 1.58. The zero-order chi connectivity index (χ0) is 20.6. The van der Waals surface area contributed by atoms with Gasteiger partial charge in [-0.3, -0.25) is 10.1 Å². The van der Waals surface area contributed by atoms with Crippen molar-refractivity contribution in [2.75, 3.05) is 18.5 Å². The Kier molecular flexibility index (Phi) is 7.70. The van der Waals surface area contributed by atoms with Gasteiger partial charge in [0, 0.05) is 35.7 Å². The zero-order valence-corrected chi connectivity index (χ0v) is 17.7. The summed E-state index contributed by atoms with van der Waals surface area (Å²) >= 11 is 7.43. The highest BCUT2D eigenvalue weighted by Gasteiger charge is 2.16. The number of aromatic nitrogens is 4. The van der Waals surface area contributed by atoms with Gasteiger partial charge in [-0.05, 0) is 31.5 Å². The molecule has 3 aromatic rings. The number of hydrogen-bond donors (Lipinski definition) is 1. The van der Waals surface area contributed by atoms with Crippen LogP contribution in [0.1, 0.15) is 34.8 Å². The molecule has 10 heteroatoms. The van der Waals surface area contributed by atoms with E-state index in [0.29, 0.717) is 36.3 Å². The minimum absolute atomic E-state index is 0.198. The van der Waals surface area contributed by atoms with E-state index in [1.807, 2.05) is 38.1 Å². The highest BCUT2D eigenvalue weighted by molar-refractivity contribution is 7.15. The quantitative estimate of drug-likeness (QED) is 0.489. The standard InChI is InChI=1S/C19H22ClN5O3S/c1-3-27-17(28-4-2)12-25-11-16(23-24-25)18(26)22-19-21-10-15(29-19)9-13-6-5-7-14(20)8-13/h5-8,10-11,17H,3-4,9,12H2,1-2H3,(H,21,22,26). The fourth-order valence-corrected chi connectivity index (χ4v) is 3.68. The molecule has 0 aliphatic heterocycles. The summed E-state index contributed by atoms with van der Waals surface area (Å²) in [4.78, 5) is 17.7. The molecule has 2 heterocycles. The Morgan fingerprint density at radius 2 is 2.10 bits per heavy atom. The van der Waals surface area contributed by atoms with Crippen LogP contribution in [0.15, 0.2) is 36.7 Å². The second-order valence-electron chi connectivity index (χ2n) is 6.06. The largest absolute Gasteiger partial charge is 0.351 e. The Morgan fingerprint density at radius 1 is 1.31 bits per heavy atom. The van der Waals surface area contributed by atoms with Crippen LogP contribution in [0.2, 0.25) is 5.02 Å². The average Bonchev–Trinajstić information content (AvgIpc) is 3.32. The molecule has 3 rings (SSSR count). The topological polar surface area (TPSA) is 91.2 Å². The predicted octanol–water partition coefficient (Wildman–Crippen LogP) is 3.63. The highest BCUT2D eigenvalue weighted by atomic mass is 35.5. The van der Waals surface area contributed by atoms with Crippen molar-refractivity contribution in [2.24, 2.45) is 0 Å². The molecule has 0 radical (unpaired) electrons. The molecule has 2 aromatic heterocycles. The molecule has 0 aliphatic rings. The summed E-state index contributed by atoms with van der Waals surface area (Å²) in [5.41, 5.74) is 1.28. The summed E-state index contributed by atoms with van der Waals surface area (Å²) in [6, 6.07) is 7.66. The molecule has 29 heavy (non-hydrogen) atoms. The number of nitrogens with zero attached hydrogens (tertiary/aromatic N) is 4. The lowest BCUT2D eigenvalue weighted by Crippen LogP contribution is -2.24. The number of ether oxygens (including phenoxy) is 2. The molecule has 1 amide bonds. The maximum Gasteiger partial charge on any atom is 0.279 e. The zero-order valence-electron chi connectivity index (χ0n) is 16.2.